The number of carbonyl (C=O) groups is 2. The van der Waals surface area contributed by atoms with E-state index in [1.54, 1.807) is 6.92 Å². The minimum atomic E-state index is -0.749. The number of nitrogens with zero attached hydrogens (tertiary/aromatic N) is 1. The number of piperidine rings is 1. The van der Waals surface area contributed by atoms with Crippen molar-refractivity contribution in [3.63, 3.8) is 0 Å². The van der Waals surface area contributed by atoms with Crippen LogP contribution in [0.25, 0.3) is 0 Å². The molecule has 1 atom stereocenters. The van der Waals surface area contributed by atoms with Gasteiger partial charge in [0.05, 0.1) is 5.41 Å². The lowest BCUT2D eigenvalue weighted by Crippen LogP contribution is -2.45. The summed E-state index contributed by atoms with van der Waals surface area (Å²) in [7, 11) is 0. The summed E-state index contributed by atoms with van der Waals surface area (Å²) in [4.78, 5) is 25.3. The van der Waals surface area contributed by atoms with Gasteiger partial charge in [-0.3, -0.25) is 9.59 Å². The van der Waals surface area contributed by atoms with E-state index in [4.69, 9.17) is 5.73 Å². The zero-order valence-electron chi connectivity index (χ0n) is 13.4. The van der Waals surface area contributed by atoms with Crippen LogP contribution < -0.4 is 5.73 Å². The summed E-state index contributed by atoms with van der Waals surface area (Å²) < 4.78 is 0. The van der Waals surface area contributed by atoms with Crippen LogP contribution in [-0.2, 0) is 9.59 Å². The van der Waals surface area contributed by atoms with Crippen LogP contribution in [0.3, 0.4) is 0 Å². The van der Waals surface area contributed by atoms with E-state index in [2.05, 4.69) is 6.92 Å². The molecule has 5 heteroatoms. The lowest BCUT2D eigenvalue weighted by atomic mass is 9.80. The molecule has 3 N–H and O–H groups in total. The van der Waals surface area contributed by atoms with E-state index in [9.17, 15) is 14.7 Å². The molecule has 0 aromatic carbocycles. The molecule has 1 rings (SSSR count). The van der Waals surface area contributed by atoms with Gasteiger partial charge in [0.1, 0.15) is 0 Å². The summed E-state index contributed by atoms with van der Waals surface area (Å²) in [5, 5.41) is 9.20. The van der Waals surface area contributed by atoms with Gasteiger partial charge >= 0.3 is 5.97 Å². The first kappa shape index (κ1) is 18.0. The van der Waals surface area contributed by atoms with Crippen molar-refractivity contribution in [2.24, 2.45) is 17.1 Å². The number of carbonyl (C=O) groups excluding carboxylic acids is 1. The predicted octanol–water partition coefficient (Wildman–Crippen LogP) is 2.24. The molecule has 1 amide bonds. The zero-order valence-corrected chi connectivity index (χ0v) is 13.4. The van der Waals surface area contributed by atoms with Crippen LogP contribution in [0.5, 0.6) is 0 Å². The number of hydrogen-bond donors (Lipinski definition) is 2. The van der Waals surface area contributed by atoms with Gasteiger partial charge in [-0.05, 0) is 45.1 Å². The molecule has 0 aromatic heterocycles. The molecule has 0 spiro atoms. The molecule has 0 aromatic rings. The molecule has 1 aliphatic heterocycles. The average molecular weight is 298 g/mol. The highest BCUT2D eigenvalue weighted by atomic mass is 16.4. The predicted molar refractivity (Wildman–Crippen MR) is 82.9 cm³/mol. The minimum Gasteiger partial charge on any atom is -0.481 e. The third kappa shape index (κ3) is 5.30. The largest absolute Gasteiger partial charge is 0.481 e. The number of rotatable bonds is 8. The molecule has 1 unspecified atom stereocenters. The van der Waals surface area contributed by atoms with Gasteiger partial charge in [-0.25, -0.2) is 0 Å². The van der Waals surface area contributed by atoms with Gasteiger partial charge in [-0.2, -0.15) is 0 Å². The quantitative estimate of drug-likeness (QED) is 0.720. The SMILES string of the molecule is CCCC(CCN)CCC(=O)N1CCC(C)(C(=O)O)CC1. The van der Waals surface area contributed by atoms with E-state index < -0.39 is 11.4 Å². The summed E-state index contributed by atoms with van der Waals surface area (Å²) >= 11 is 0. The van der Waals surface area contributed by atoms with Crippen molar-refractivity contribution in [3.05, 3.63) is 0 Å². The van der Waals surface area contributed by atoms with Crippen molar-refractivity contribution in [3.8, 4) is 0 Å². The first-order chi connectivity index (χ1) is 9.92. The van der Waals surface area contributed by atoms with Gasteiger partial charge in [0, 0.05) is 19.5 Å². The Morgan fingerprint density at radius 1 is 1.24 bits per heavy atom. The van der Waals surface area contributed by atoms with Gasteiger partial charge in [-0.1, -0.05) is 19.8 Å². The fourth-order valence-electron chi connectivity index (χ4n) is 3.03. The van der Waals surface area contributed by atoms with Crippen molar-refractivity contribution in [2.45, 2.75) is 58.8 Å². The third-order valence-corrected chi connectivity index (χ3v) is 4.77. The molecule has 0 aliphatic carbocycles. The molecule has 5 nitrogen and oxygen atoms in total. The molecule has 122 valence electrons. The summed E-state index contributed by atoms with van der Waals surface area (Å²) in [6.45, 7) is 5.74. The summed E-state index contributed by atoms with van der Waals surface area (Å²) in [5.74, 6) is -0.0425. The third-order valence-electron chi connectivity index (χ3n) is 4.77. The van der Waals surface area contributed by atoms with Crippen molar-refractivity contribution in [1.82, 2.24) is 4.90 Å². The molecule has 0 radical (unpaired) electrons. The number of nitrogens with two attached hydrogens (primary N) is 1. The number of hydrogen-bond acceptors (Lipinski definition) is 3. The number of amides is 1. The Balaban J connectivity index is 2.38. The van der Waals surface area contributed by atoms with Crippen LogP contribution >= 0.6 is 0 Å². The lowest BCUT2D eigenvalue weighted by Gasteiger charge is -2.36. The van der Waals surface area contributed by atoms with E-state index in [0.717, 1.165) is 25.7 Å². The molecule has 0 bridgehead atoms. The monoisotopic (exact) mass is 298 g/mol. The summed E-state index contributed by atoms with van der Waals surface area (Å²) in [5.41, 5.74) is 4.95. The van der Waals surface area contributed by atoms with Crippen molar-refractivity contribution in [1.29, 1.82) is 0 Å². The Morgan fingerprint density at radius 2 is 1.86 bits per heavy atom. The van der Waals surface area contributed by atoms with Crippen molar-refractivity contribution >= 4 is 11.9 Å². The Bertz CT molecular complexity index is 343. The van der Waals surface area contributed by atoms with Gasteiger partial charge in [0.15, 0.2) is 0 Å². The smallest absolute Gasteiger partial charge is 0.309 e. The molecule has 0 saturated carbocycles. The van der Waals surface area contributed by atoms with Gasteiger partial charge in [0.25, 0.3) is 0 Å². The van der Waals surface area contributed by atoms with Gasteiger partial charge < -0.3 is 15.7 Å². The van der Waals surface area contributed by atoms with E-state index in [1.165, 1.54) is 0 Å². The van der Waals surface area contributed by atoms with Crippen LogP contribution in [0.15, 0.2) is 0 Å². The summed E-state index contributed by atoms with van der Waals surface area (Å²) in [6.07, 6.45) is 5.80. The van der Waals surface area contributed by atoms with Crippen LogP contribution in [0.4, 0.5) is 0 Å². The lowest BCUT2D eigenvalue weighted by molar-refractivity contribution is -0.153. The first-order valence-corrected chi connectivity index (χ1v) is 8.14. The number of aliphatic carboxylic acids is 1. The summed E-state index contributed by atoms with van der Waals surface area (Å²) in [6, 6.07) is 0. The highest BCUT2D eigenvalue weighted by molar-refractivity contribution is 5.78. The van der Waals surface area contributed by atoms with Crippen LogP contribution in [-0.4, -0.2) is 41.5 Å². The molecular formula is C16H30N2O3. The Hall–Kier alpha value is -1.10. The second kappa shape index (κ2) is 8.37. The van der Waals surface area contributed by atoms with E-state index in [-0.39, 0.29) is 5.91 Å². The molecule has 21 heavy (non-hydrogen) atoms. The maximum Gasteiger partial charge on any atom is 0.309 e. The minimum absolute atomic E-state index is 0.167. The zero-order chi connectivity index (χ0) is 15.9. The van der Waals surface area contributed by atoms with Crippen LogP contribution in [0.1, 0.15) is 58.8 Å². The number of carboxylic acids is 1. The molecule has 1 saturated heterocycles. The molecular weight excluding hydrogens is 268 g/mol. The fourth-order valence-corrected chi connectivity index (χ4v) is 3.03. The van der Waals surface area contributed by atoms with Crippen LogP contribution in [0.2, 0.25) is 0 Å². The normalized spacial score (nSPS) is 19.3. The Kier molecular flexibility index (Phi) is 7.15. The highest BCUT2D eigenvalue weighted by Crippen LogP contribution is 2.31. The van der Waals surface area contributed by atoms with Crippen molar-refractivity contribution < 1.29 is 14.7 Å². The standard InChI is InChI=1S/C16H30N2O3/c1-3-4-13(7-10-17)5-6-14(19)18-11-8-16(2,9-12-18)15(20)21/h13H,3-12,17H2,1-2H3,(H,20,21). The van der Waals surface area contributed by atoms with E-state index >= 15 is 0 Å². The van der Waals surface area contributed by atoms with E-state index in [0.29, 0.717) is 44.8 Å². The van der Waals surface area contributed by atoms with Crippen LogP contribution in [0, 0.1) is 11.3 Å². The average Bonchev–Trinajstić information content (AvgIpc) is 2.45. The Morgan fingerprint density at radius 3 is 2.33 bits per heavy atom. The van der Waals surface area contributed by atoms with Gasteiger partial charge in [-0.15, -0.1) is 0 Å². The maximum atomic E-state index is 12.2. The topological polar surface area (TPSA) is 83.6 Å². The van der Waals surface area contributed by atoms with Gasteiger partial charge in [0.2, 0.25) is 5.91 Å². The number of carboxylic acid groups (broad SMARTS) is 1. The molecule has 1 heterocycles. The van der Waals surface area contributed by atoms with Crippen molar-refractivity contribution in [2.75, 3.05) is 19.6 Å². The van der Waals surface area contributed by atoms with E-state index in [1.807, 2.05) is 4.90 Å². The fraction of sp³-hybridized carbons (Fsp3) is 0.875. The first-order valence-electron chi connectivity index (χ1n) is 8.14. The maximum absolute atomic E-state index is 12.2. The Labute approximate surface area is 127 Å². The molecule has 1 fully saturated rings. The molecule has 1 aliphatic rings. The number of likely N-dealkylation sites (tertiary alicyclic amines) is 1. The second-order valence-corrected chi connectivity index (χ2v) is 6.52. The second-order valence-electron chi connectivity index (χ2n) is 6.52. The highest BCUT2D eigenvalue weighted by Gasteiger charge is 2.37.